The highest BCUT2D eigenvalue weighted by molar-refractivity contribution is 9.10. The molecule has 0 unspecified atom stereocenters. The molecule has 1 aromatic rings. The molecule has 0 aliphatic heterocycles. The van der Waals surface area contributed by atoms with E-state index in [9.17, 15) is 4.79 Å². The van der Waals surface area contributed by atoms with Crippen LogP contribution in [0.25, 0.3) is 0 Å². The van der Waals surface area contributed by atoms with Gasteiger partial charge in [0.2, 0.25) is 0 Å². The summed E-state index contributed by atoms with van der Waals surface area (Å²) in [7, 11) is 0. The minimum atomic E-state index is 0.305. The van der Waals surface area contributed by atoms with Gasteiger partial charge in [-0.2, -0.15) is 0 Å². The highest BCUT2D eigenvalue weighted by atomic mass is 79.9. The Labute approximate surface area is 125 Å². The molecule has 0 bridgehead atoms. The van der Waals surface area contributed by atoms with E-state index in [-0.39, 0.29) is 0 Å². The topological polar surface area (TPSA) is 20.3 Å². The van der Waals surface area contributed by atoms with E-state index in [1.165, 1.54) is 16.7 Å². The molecule has 0 saturated heterocycles. The minimum absolute atomic E-state index is 0.305. The number of likely N-dealkylation sites (N-methyl/N-ethyl adjacent to an activating group) is 1. The molecule has 1 rings (SSSR count). The number of hydrogen-bond donors (Lipinski definition) is 0. The summed E-state index contributed by atoms with van der Waals surface area (Å²) in [5.41, 5.74) is 3.56. The molecule has 0 aliphatic carbocycles. The summed E-state index contributed by atoms with van der Waals surface area (Å²) in [5.74, 6) is 0.305. The van der Waals surface area contributed by atoms with Gasteiger partial charge in [0, 0.05) is 10.9 Å². The third-order valence-electron chi connectivity index (χ3n) is 3.53. The van der Waals surface area contributed by atoms with Crippen LogP contribution in [0.1, 0.15) is 37.0 Å². The highest BCUT2D eigenvalue weighted by Crippen LogP contribution is 2.23. The van der Waals surface area contributed by atoms with Crippen molar-refractivity contribution in [3.8, 4) is 0 Å². The van der Waals surface area contributed by atoms with E-state index >= 15 is 0 Å². The van der Waals surface area contributed by atoms with Gasteiger partial charge in [-0.05, 0) is 56.1 Å². The molecule has 3 heteroatoms. The number of Topliss-reactive ketones (excluding diaryl/α,β-unsaturated/α-hetero) is 1. The summed E-state index contributed by atoms with van der Waals surface area (Å²) < 4.78 is 1.09. The van der Waals surface area contributed by atoms with Crippen molar-refractivity contribution in [1.82, 2.24) is 4.90 Å². The lowest BCUT2D eigenvalue weighted by atomic mass is 9.98. The summed E-state index contributed by atoms with van der Waals surface area (Å²) in [6.45, 7) is 10.9. The molecule has 0 spiro atoms. The van der Waals surface area contributed by atoms with E-state index < -0.39 is 0 Å². The predicted molar refractivity (Wildman–Crippen MR) is 84.7 cm³/mol. The fourth-order valence-corrected chi connectivity index (χ4v) is 2.67. The SMILES string of the molecule is CCCN(CC)CC(=O)Cc1c(C)ccc(Br)c1C. The zero-order chi connectivity index (χ0) is 14.4. The smallest absolute Gasteiger partial charge is 0.151 e. The maximum Gasteiger partial charge on any atom is 0.151 e. The largest absolute Gasteiger partial charge is 0.298 e. The van der Waals surface area contributed by atoms with Crippen LogP contribution in [0, 0.1) is 13.8 Å². The third-order valence-corrected chi connectivity index (χ3v) is 4.39. The van der Waals surface area contributed by atoms with E-state index in [2.05, 4.69) is 54.6 Å². The second kappa shape index (κ2) is 7.81. The maximum absolute atomic E-state index is 12.2. The number of ketones is 1. The molecule has 0 radical (unpaired) electrons. The molecule has 0 saturated carbocycles. The molecule has 0 amide bonds. The van der Waals surface area contributed by atoms with Crippen LogP contribution in [-0.4, -0.2) is 30.3 Å². The second-order valence-electron chi connectivity index (χ2n) is 5.05. The zero-order valence-corrected chi connectivity index (χ0v) is 14.0. The van der Waals surface area contributed by atoms with Gasteiger partial charge in [-0.3, -0.25) is 9.69 Å². The summed E-state index contributed by atoms with van der Waals surface area (Å²) in [6, 6.07) is 4.12. The predicted octanol–water partition coefficient (Wildman–Crippen LogP) is 3.91. The molecule has 106 valence electrons. The first-order chi connectivity index (χ1) is 8.99. The molecular weight excluding hydrogens is 302 g/mol. The number of carbonyl (C=O) groups is 1. The van der Waals surface area contributed by atoms with Crippen molar-refractivity contribution < 1.29 is 4.79 Å². The van der Waals surface area contributed by atoms with Gasteiger partial charge in [-0.15, -0.1) is 0 Å². The Morgan fingerprint density at radius 3 is 2.53 bits per heavy atom. The summed E-state index contributed by atoms with van der Waals surface area (Å²) in [6.07, 6.45) is 1.63. The van der Waals surface area contributed by atoms with Crippen LogP contribution in [0.3, 0.4) is 0 Å². The van der Waals surface area contributed by atoms with E-state index in [1.807, 2.05) is 6.07 Å². The molecule has 0 heterocycles. The molecule has 1 aromatic carbocycles. The van der Waals surface area contributed by atoms with Crippen LogP contribution in [0.5, 0.6) is 0 Å². The van der Waals surface area contributed by atoms with Crippen LogP contribution in [0.2, 0.25) is 0 Å². The minimum Gasteiger partial charge on any atom is -0.298 e. The van der Waals surface area contributed by atoms with Crippen LogP contribution in [0.4, 0.5) is 0 Å². The standard InChI is InChI=1S/C16H24BrNO/c1-5-9-18(6-2)11-14(19)10-15-12(3)7-8-16(17)13(15)4/h7-8H,5-6,9-11H2,1-4H3. The number of rotatable bonds is 7. The summed E-state index contributed by atoms with van der Waals surface area (Å²) in [4.78, 5) is 14.4. The normalized spacial score (nSPS) is 11.1. The Bertz CT molecular complexity index is 443. The van der Waals surface area contributed by atoms with Gasteiger partial charge in [0.05, 0.1) is 6.54 Å². The van der Waals surface area contributed by atoms with Crippen LogP contribution >= 0.6 is 15.9 Å². The van der Waals surface area contributed by atoms with E-state index in [4.69, 9.17) is 0 Å². The first-order valence-corrected chi connectivity index (χ1v) is 7.77. The van der Waals surface area contributed by atoms with Gasteiger partial charge in [-0.25, -0.2) is 0 Å². The van der Waals surface area contributed by atoms with Gasteiger partial charge >= 0.3 is 0 Å². The summed E-state index contributed by atoms with van der Waals surface area (Å²) >= 11 is 3.54. The first kappa shape index (κ1) is 16.4. The van der Waals surface area contributed by atoms with Crippen LogP contribution in [0.15, 0.2) is 16.6 Å². The van der Waals surface area contributed by atoms with Crippen LogP contribution < -0.4 is 0 Å². The molecule has 0 fully saturated rings. The maximum atomic E-state index is 12.2. The van der Waals surface area contributed by atoms with Crippen molar-refractivity contribution >= 4 is 21.7 Å². The lowest BCUT2D eigenvalue weighted by Gasteiger charge is -2.19. The van der Waals surface area contributed by atoms with E-state index in [0.717, 1.165) is 24.0 Å². The number of nitrogens with zero attached hydrogens (tertiary/aromatic N) is 1. The van der Waals surface area contributed by atoms with Gasteiger partial charge in [0.25, 0.3) is 0 Å². The third kappa shape index (κ3) is 4.73. The van der Waals surface area contributed by atoms with Gasteiger partial charge < -0.3 is 0 Å². The highest BCUT2D eigenvalue weighted by Gasteiger charge is 2.13. The monoisotopic (exact) mass is 325 g/mol. The Balaban J connectivity index is 2.74. The quantitative estimate of drug-likeness (QED) is 0.757. The zero-order valence-electron chi connectivity index (χ0n) is 12.4. The Morgan fingerprint density at radius 1 is 1.26 bits per heavy atom. The number of benzene rings is 1. The number of aryl methyl sites for hydroxylation is 1. The Kier molecular flexibility index (Phi) is 6.73. The molecule has 0 atom stereocenters. The first-order valence-electron chi connectivity index (χ1n) is 6.98. The van der Waals surface area contributed by atoms with Crippen molar-refractivity contribution in [3.05, 3.63) is 33.3 Å². The summed E-state index contributed by atoms with van der Waals surface area (Å²) in [5, 5.41) is 0. The lowest BCUT2D eigenvalue weighted by molar-refractivity contribution is -0.119. The average molecular weight is 326 g/mol. The molecule has 19 heavy (non-hydrogen) atoms. The number of halogens is 1. The van der Waals surface area contributed by atoms with Crippen molar-refractivity contribution in [1.29, 1.82) is 0 Å². The fourth-order valence-electron chi connectivity index (χ4n) is 2.30. The van der Waals surface area contributed by atoms with Crippen molar-refractivity contribution in [3.63, 3.8) is 0 Å². The Morgan fingerprint density at radius 2 is 1.95 bits per heavy atom. The second-order valence-corrected chi connectivity index (χ2v) is 5.91. The van der Waals surface area contributed by atoms with Crippen LogP contribution in [-0.2, 0) is 11.2 Å². The van der Waals surface area contributed by atoms with Gasteiger partial charge in [0.15, 0.2) is 5.78 Å². The molecular formula is C16H24BrNO. The van der Waals surface area contributed by atoms with Gasteiger partial charge in [-0.1, -0.05) is 35.8 Å². The molecule has 2 nitrogen and oxygen atoms in total. The van der Waals surface area contributed by atoms with Crippen molar-refractivity contribution in [2.75, 3.05) is 19.6 Å². The van der Waals surface area contributed by atoms with Crippen molar-refractivity contribution in [2.45, 2.75) is 40.5 Å². The molecule has 0 aliphatic rings. The average Bonchev–Trinajstić information content (AvgIpc) is 2.38. The van der Waals surface area contributed by atoms with Crippen molar-refractivity contribution in [2.24, 2.45) is 0 Å². The lowest BCUT2D eigenvalue weighted by Crippen LogP contribution is -2.31. The Hall–Kier alpha value is -0.670. The van der Waals surface area contributed by atoms with E-state index in [1.54, 1.807) is 0 Å². The van der Waals surface area contributed by atoms with E-state index in [0.29, 0.717) is 18.7 Å². The van der Waals surface area contributed by atoms with Gasteiger partial charge in [0.1, 0.15) is 0 Å². The molecule has 0 N–H and O–H groups in total. The molecule has 0 aromatic heterocycles. The number of carbonyl (C=O) groups excluding carboxylic acids is 1. The number of hydrogen-bond acceptors (Lipinski definition) is 2. The fraction of sp³-hybridized carbons (Fsp3) is 0.562.